The molecule has 2 amide bonds. The third-order valence-corrected chi connectivity index (χ3v) is 9.40. The number of rotatable bonds is 14. The molecule has 16 heteroatoms. The van der Waals surface area contributed by atoms with Crippen LogP contribution in [-0.2, 0) is 26.1 Å². The zero-order valence-corrected chi connectivity index (χ0v) is 28.0. The van der Waals surface area contributed by atoms with Gasteiger partial charge in [0.25, 0.3) is 5.91 Å². The van der Waals surface area contributed by atoms with Gasteiger partial charge in [0.2, 0.25) is 15.9 Å². The molecular weight excluding hydrogens is 649 g/mol. The number of aromatic nitrogens is 3. The summed E-state index contributed by atoms with van der Waals surface area (Å²) in [5.74, 6) is 0.0245. The van der Waals surface area contributed by atoms with E-state index in [0.29, 0.717) is 39.4 Å². The summed E-state index contributed by atoms with van der Waals surface area (Å²) in [5.41, 5.74) is 1.62. The third kappa shape index (κ3) is 8.46. The Labute approximate surface area is 276 Å². The normalized spacial score (nSPS) is 11.2. The molecule has 0 saturated heterocycles. The molecule has 0 bridgehead atoms. The van der Waals surface area contributed by atoms with Crippen LogP contribution in [0, 0.1) is 0 Å². The van der Waals surface area contributed by atoms with Crippen molar-refractivity contribution >= 4 is 45.3 Å². The van der Waals surface area contributed by atoms with Crippen LogP contribution in [-0.4, -0.2) is 85.9 Å². The van der Waals surface area contributed by atoms with Crippen molar-refractivity contribution in [3.63, 3.8) is 0 Å². The number of ether oxygens (including phenoxy) is 3. The van der Waals surface area contributed by atoms with E-state index in [9.17, 15) is 22.8 Å². The average molecular weight is 683 g/mol. The summed E-state index contributed by atoms with van der Waals surface area (Å²) >= 11 is 1.11. The van der Waals surface area contributed by atoms with Crippen molar-refractivity contribution in [2.45, 2.75) is 23.5 Å². The molecule has 4 aromatic rings. The molecule has 0 unspecified atom stereocenters. The summed E-state index contributed by atoms with van der Waals surface area (Å²) in [7, 11) is 2.23. The maximum Gasteiger partial charge on any atom is 0.338 e. The van der Waals surface area contributed by atoms with E-state index in [4.69, 9.17) is 14.2 Å². The second-order valence-corrected chi connectivity index (χ2v) is 13.0. The van der Waals surface area contributed by atoms with Crippen molar-refractivity contribution in [2.24, 2.45) is 0 Å². The average Bonchev–Trinajstić information content (AvgIpc) is 3.48. The van der Waals surface area contributed by atoms with Crippen LogP contribution in [0.25, 0.3) is 5.69 Å². The fraction of sp³-hybridized carbons (Fsp3) is 0.258. The molecule has 0 radical (unpaired) electrons. The molecule has 3 aromatic carbocycles. The lowest BCUT2D eigenvalue weighted by atomic mass is 10.2. The number of carbonyl (C=O) groups is 3. The summed E-state index contributed by atoms with van der Waals surface area (Å²) in [6.45, 7) is 1.91. The van der Waals surface area contributed by atoms with Crippen LogP contribution in [0.2, 0.25) is 0 Å². The number of carbonyl (C=O) groups excluding carboxylic acids is 3. The van der Waals surface area contributed by atoms with Crippen molar-refractivity contribution in [2.75, 3.05) is 46.0 Å². The van der Waals surface area contributed by atoms with E-state index >= 15 is 0 Å². The Morgan fingerprint density at radius 1 is 0.915 bits per heavy atom. The summed E-state index contributed by atoms with van der Waals surface area (Å²) in [6.07, 6.45) is 0. The first-order valence-corrected chi connectivity index (χ1v) is 16.6. The van der Waals surface area contributed by atoms with E-state index in [0.717, 1.165) is 16.1 Å². The quantitative estimate of drug-likeness (QED) is 0.148. The maximum absolute atomic E-state index is 13.0. The predicted octanol–water partition coefficient (Wildman–Crippen LogP) is 3.37. The summed E-state index contributed by atoms with van der Waals surface area (Å²) in [4.78, 5) is 37.8. The van der Waals surface area contributed by atoms with E-state index in [2.05, 4.69) is 20.8 Å². The second kappa shape index (κ2) is 15.6. The molecule has 2 N–H and O–H groups in total. The van der Waals surface area contributed by atoms with E-state index in [1.807, 2.05) is 0 Å². The van der Waals surface area contributed by atoms with Crippen molar-refractivity contribution in [3.05, 3.63) is 83.7 Å². The molecule has 1 heterocycles. The van der Waals surface area contributed by atoms with Crippen molar-refractivity contribution in [1.82, 2.24) is 24.4 Å². The molecular formula is C31H34N6O8S2. The molecule has 0 aliphatic rings. The van der Waals surface area contributed by atoms with E-state index in [-0.39, 0.29) is 35.3 Å². The van der Waals surface area contributed by atoms with Crippen molar-refractivity contribution < 1.29 is 37.0 Å². The minimum absolute atomic E-state index is 0.0430. The largest absolute Gasteiger partial charge is 0.497 e. The van der Waals surface area contributed by atoms with Gasteiger partial charge in [-0.1, -0.05) is 11.8 Å². The number of hydrogen-bond donors (Lipinski definition) is 2. The number of thioether (sulfide) groups is 1. The highest BCUT2D eigenvalue weighted by atomic mass is 32.2. The molecule has 14 nitrogen and oxygen atoms in total. The number of sulfonamides is 1. The molecule has 4 rings (SSSR count). The molecule has 1 aromatic heterocycles. The van der Waals surface area contributed by atoms with Gasteiger partial charge in [0.05, 0.1) is 49.3 Å². The van der Waals surface area contributed by atoms with Gasteiger partial charge in [-0.3, -0.25) is 14.2 Å². The first-order valence-electron chi connectivity index (χ1n) is 14.2. The topological polar surface area (TPSA) is 171 Å². The molecule has 0 aliphatic carbocycles. The maximum atomic E-state index is 13.0. The lowest BCUT2D eigenvalue weighted by Gasteiger charge is -2.15. The smallest absolute Gasteiger partial charge is 0.338 e. The Kier molecular flexibility index (Phi) is 11.6. The highest BCUT2D eigenvalue weighted by Gasteiger charge is 2.22. The zero-order valence-electron chi connectivity index (χ0n) is 26.3. The summed E-state index contributed by atoms with van der Waals surface area (Å²) in [5, 5.41) is 14.5. The fourth-order valence-corrected chi connectivity index (χ4v) is 5.87. The van der Waals surface area contributed by atoms with E-state index < -0.39 is 21.9 Å². The Balaban J connectivity index is 1.53. The molecule has 248 valence electrons. The Hall–Kier alpha value is -4.93. The number of hydrogen-bond acceptors (Lipinski definition) is 11. The second-order valence-electron chi connectivity index (χ2n) is 9.90. The van der Waals surface area contributed by atoms with Gasteiger partial charge in [0, 0.05) is 31.4 Å². The van der Waals surface area contributed by atoms with Gasteiger partial charge >= 0.3 is 5.97 Å². The third-order valence-electron chi connectivity index (χ3n) is 6.64. The molecule has 0 saturated carbocycles. The predicted molar refractivity (Wildman–Crippen MR) is 175 cm³/mol. The standard InChI is InChI=1S/C31H34N6O8S2/c1-6-45-30(40)21-7-11-22(12-8-21)33-28(38)19-46-31-35-34-27(37(31)25-17-23(43-4)13-16-26(25)44-5)18-32-29(39)20-9-14-24(15-10-20)47(41,42)36(2)3/h7-17H,6,18-19H2,1-5H3,(H,32,39)(H,33,38). The monoisotopic (exact) mass is 682 g/mol. The Morgan fingerprint density at radius 2 is 1.60 bits per heavy atom. The highest BCUT2D eigenvalue weighted by molar-refractivity contribution is 7.99. The van der Waals surface area contributed by atoms with Gasteiger partial charge < -0.3 is 24.8 Å². The number of amides is 2. The van der Waals surface area contributed by atoms with Crippen LogP contribution in [0.4, 0.5) is 5.69 Å². The van der Waals surface area contributed by atoms with Crippen LogP contribution < -0.4 is 20.1 Å². The Bertz CT molecular complexity index is 1840. The van der Waals surface area contributed by atoms with Crippen LogP contribution in [0.1, 0.15) is 33.5 Å². The number of nitrogens with one attached hydrogen (secondary N) is 2. The lowest BCUT2D eigenvalue weighted by Crippen LogP contribution is -2.25. The van der Waals surface area contributed by atoms with Crippen LogP contribution >= 0.6 is 11.8 Å². The number of esters is 1. The van der Waals surface area contributed by atoms with Gasteiger partial charge in [-0.05, 0) is 67.6 Å². The molecule has 0 fully saturated rings. The Morgan fingerprint density at radius 3 is 2.21 bits per heavy atom. The van der Waals surface area contributed by atoms with Crippen LogP contribution in [0.15, 0.2) is 76.8 Å². The fourth-order valence-electron chi connectivity index (χ4n) is 4.20. The van der Waals surface area contributed by atoms with Gasteiger partial charge in [0.1, 0.15) is 11.5 Å². The SMILES string of the molecule is CCOC(=O)c1ccc(NC(=O)CSc2nnc(CNC(=O)c3ccc(S(=O)(=O)N(C)C)cc3)n2-c2cc(OC)ccc2OC)cc1. The summed E-state index contributed by atoms with van der Waals surface area (Å²) < 4.78 is 43.5. The zero-order chi connectivity index (χ0) is 34.1. The summed E-state index contributed by atoms with van der Waals surface area (Å²) in [6, 6.07) is 17.1. The van der Waals surface area contributed by atoms with Crippen molar-refractivity contribution in [3.8, 4) is 17.2 Å². The van der Waals surface area contributed by atoms with Gasteiger partial charge in [0.15, 0.2) is 11.0 Å². The van der Waals surface area contributed by atoms with Gasteiger partial charge in [-0.2, -0.15) is 0 Å². The minimum Gasteiger partial charge on any atom is -0.497 e. The number of benzene rings is 3. The van der Waals surface area contributed by atoms with E-state index in [1.54, 1.807) is 54.0 Å². The minimum atomic E-state index is -3.65. The first-order chi connectivity index (χ1) is 22.5. The van der Waals surface area contributed by atoms with Crippen LogP contribution in [0.3, 0.4) is 0 Å². The van der Waals surface area contributed by atoms with Gasteiger partial charge in [-0.15, -0.1) is 10.2 Å². The van der Waals surface area contributed by atoms with E-state index in [1.165, 1.54) is 52.6 Å². The molecule has 47 heavy (non-hydrogen) atoms. The van der Waals surface area contributed by atoms with Gasteiger partial charge in [-0.25, -0.2) is 17.5 Å². The van der Waals surface area contributed by atoms with Crippen molar-refractivity contribution in [1.29, 1.82) is 0 Å². The molecule has 0 aliphatic heterocycles. The first kappa shape index (κ1) is 34.9. The number of anilines is 1. The van der Waals surface area contributed by atoms with Crippen LogP contribution in [0.5, 0.6) is 11.5 Å². The lowest BCUT2D eigenvalue weighted by molar-refractivity contribution is -0.113. The number of nitrogens with zero attached hydrogens (tertiary/aromatic N) is 4. The number of methoxy groups -OCH3 is 2. The molecule has 0 spiro atoms. The highest BCUT2D eigenvalue weighted by Crippen LogP contribution is 2.32. The molecule has 0 atom stereocenters.